The number of carbonyl (C=O) groups excluding carboxylic acids is 2. The summed E-state index contributed by atoms with van der Waals surface area (Å²) in [5, 5.41) is 13.1. The van der Waals surface area contributed by atoms with E-state index in [1.165, 1.54) is 4.90 Å². The summed E-state index contributed by atoms with van der Waals surface area (Å²) in [6.07, 6.45) is 5.91. The van der Waals surface area contributed by atoms with Crippen molar-refractivity contribution in [2.24, 2.45) is 5.92 Å². The van der Waals surface area contributed by atoms with Gasteiger partial charge in [-0.25, -0.2) is 9.97 Å². The second kappa shape index (κ2) is 12.3. The molecule has 2 aromatic heterocycles. The fourth-order valence-electron chi connectivity index (χ4n) is 5.07. The molecule has 0 radical (unpaired) electrons. The van der Waals surface area contributed by atoms with Gasteiger partial charge in [0, 0.05) is 37.6 Å². The third-order valence-electron chi connectivity index (χ3n) is 7.50. The summed E-state index contributed by atoms with van der Waals surface area (Å²) in [4.78, 5) is 41.7. The molecule has 4 heterocycles. The number of aliphatic hydroxyl groups is 1. The molecule has 0 aliphatic carbocycles. The largest absolute Gasteiger partial charge is 0.497 e. The van der Waals surface area contributed by atoms with Crippen LogP contribution in [0.4, 0.5) is 0 Å². The average molecular weight is 566 g/mol. The number of hydrogen-bond acceptors (Lipinski definition) is 8. The molecule has 2 N–H and O–H groups in total. The monoisotopic (exact) mass is 565 g/mol. The molecule has 0 saturated carbocycles. The molecule has 10 nitrogen and oxygen atoms in total. The quantitative estimate of drug-likeness (QED) is 0.404. The molecule has 1 aromatic carbocycles. The molecule has 2 atom stereocenters. The van der Waals surface area contributed by atoms with Gasteiger partial charge in [0.15, 0.2) is 0 Å². The fraction of sp³-hybridized carbons (Fsp3) is 0.414. The highest BCUT2D eigenvalue weighted by molar-refractivity contribution is 6.32. The van der Waals surface area contributed by atoms with E-state index in [9.17, 15) is 14.7 Å². The smallest absolute Gasteiger partial charge is 0.256 e. The number of nitrogens with zero attached hydrogens (tertiary/aromatic N) is 4. The second-order valence-electron chi connectivity index (χ2n) is 10.1. The van der Waals surface area contributed by atoms with Gasteiger partial charge in [-0.2, -0.15) is 0 Å². The number of amides is 2. The van der Waals surface area contributed by atoms with Crippen molar-refractivity contribution >= 4 is 23.4 Å². The molecule has 3 aromatic rings. The first-order valence-electron chi connectivity index (χ1n) is 13.3. The Bertz CT molecular complexity index is 1400. The van der Waals surface area contributed by atoms with Crippen LogP contribution in [0.1, 0.15) is 53.2 Å². The van der Waals surface area contributed by atoms with Gasteiger partial charge in [0.25, 0.3) is 5.91 Å². The minimum atomic E-state index is -0.793. The second-order valence-corrected chi connectivity index (χ2v) is 10.5. The molecule has 11 heteroatoms. The number of benzene rings is 1. The van der Waals surface area contributed by atoms with E-state index < -0.39 is 12.1 Å². The van der Waals surface area contributed by atoms with E-state index in [0.29, 0.717) is 50.6 Å². The predicted octanol–water partition coefficient (Wildman–Crippen LogP) is 3.36. The molecule has 2 aliphatic heterocycles. The van der Waals surface area contributed by atoms with Gasteiger partial charge in [0.1, 0.15) is 17.6 Å². The SMILES string of the molecule is COc1cccc([C@@H](CO)NC(=O)[C@@H](C)N2Cc3ncc(-c4nc(CC5CCOCC5)ncc4Cl)cc3C2=O)c1. The molecule has 210 valence electrons. The molecule has 1 saturated heterocycles. The lowest BCUT2D eigenvalue weighted by Gasteiger charge is -2.26. The number of hydrogen-bond donors (Lipinski definition) is 2. The number of rotatable bonds is 9. The van der Waals surface area contributed by atoms with E-state index in [1.807, 2.05) is 0 Å². The van der Waals surface area contributed by atoms with Crippen LogP contribution in [0.2, 0.25) is 5.02 Å². The van der Waals surface area contributed by atoms with Crippen molar-refractivity contribution in [1.82, 2.24) is 25.2 Å². The lowest BCUT2D eigenvalue weighted by molar-refractivity contribution is -0.126. The molecule has 2 aliphatic rings. The Morgan fingerprint density at radius 2 is 2.05 bits per heavy atom. The number of methoxy groups -OCH3 is 1. The molecule has 40 heavy (non-hydrogen) atoms. The Balaban J connectivity index is 1.30. The van der Waals surface area contributed by atoms with E-state index in [0.717, 1.165) is 32.5 Å². The summed E-state index contributed by atoms with van der Waals surface area (Å²) in [5.74, 6) is 1.07. The Kier molecular flexibility index (Phi) is 8.58. The third-order valence-corrected chi connectivity index (χ3v) is 7.78. The highest BCUT2D eigenvalue weighted by Gasteiger charge is 2.36. The molecular weight excluding hydrogens is 534 g/mol. The van der Waals surface area contributed by atoms with Crippen LogP contribution in [-0.2, 0) is 22.5 Å². The van der Waals surface area contributed by atoms with Gasteiger partial charge in [-0.05, 0) is 49.4 Å². The first kappa shape index (κ1) is 27.9. The lowest BCUT2D eigenvalue weighted by atomic mass is 9.96. The number of pyridine rings is 1. The van der Waals surface area contributed by atoms with Crippen molar-refractivity contribution in [3.63, 3.8) is 0 Å². The summed E-state index contributed by atoms with van der Waals surface area (Å²) < 4.78 is 10.7. The standard InChI is InChI=1S/C29H32ClN5O5/c1-17(28(37)33-25(16-36)19-4-3-5-21(11-19)39-2)35-15-24-22(29(35)38)12-20(13-31-24)27-23(30)14-32-26(34-27)10-18-6-8-40-9-7-18/h3-5,11-14,17-18,25,36H,6-10,15-16H2,1-2H3,(H,33,37)/t17-,25-/m1/s1. The van der Waals surface area contributed by atoms with E-state index in [-0.39, 0.29) is 25.0 Å². The van der Waals surface area contributed by atoms with Crippen LogP contribution in [0.15, 0.2) is 42.7 Å². The molecule has 0 spiro atoms. The Morgan fingerprint density at radius 3 is 2.80 bits per heavy atom. The normalized spacial score (nSPS) is 16.9. The van der Waals surface area contributed by atoms with Crippen LogP contribution in [-0.4, -0.2) is 69.7 Å². The maximum atomic E-state index is 13.4. The Morgan fingerprint density at radius 1 is 1.25 bits per heavy atom. The number of aromatic nitrogens is 3. The van der Waals surface area contributed by atoms with Crippen molar-refractivity contribution in [3.8, 4) is 17.0 Å². The fourth-order valence-corrected chi connectivity index (χ4v) is 5.27. The highest BCUT2D eigenvalue weighted by atomic mass is 35.5. The van der Waals surface area contributed by atoms with Gasteiger partial charge in [0.2, 0.25) is 5.91 Å². The topological polar surface area (TPSA) is 127 Å². The number of carbonyl (C=O) groups is 2. The first-order valence-corrected chi connectivity index (χ1v) is 13.7. The summed E-state index contributed by atoms with van der Waals surface area (Å²) in [6.45, 7) is 3.04. The van der Waals surface area contributed by atoms with Crippen LogP contribution < -0.4 is 10.1 Å². The van der Waals surface area contributed by atoms with Gasteiger partial charge < -0.3 is 24.8 Å². The Labute approximate surface area is 237 Å². The number of fused-ring (bicyclic) bond motifs is 1. The van der Waals surface area contributed by atoms with E-state index in [2.05, 4.69) is 15.3 Å². The predicted molar refractivity (Wildman–Crippen MR) is 148 cm³/mol. The van der Waals surface area contributed by atoms with Crippen molar-refractivity contribution in [3.05, 3.63) is 70.4 Å². The van der Waals surface area contributed by atoms with Gasteiger partial charge >= 0.3 is 0 Å². The van der Waals surface area contributed by atoms with Crippen molar-refractivity contribution in [2.45, 2.75) is 44.8 Å². The minimum absolute atomic E-state index is 0.193. The van der Waals surface area contributed by atoms with Crippen molar-refractivity contribution in [2.75, 3.05) is 26.9 Å². The molecule has 1 fully saturated rings. The zero-order valence-corrected chi connectivity index (χ0v) is 23.2. The Hall–Kier alpha value is -3.60. The van der Waals surface area contributed by atoms with E-state index in [1.54, 1.807) is 56.8 Å². The molecule has 2 amide bonds. The van der Waals surface area contributed by atoms with Crippen molar-refractivity contribution < 1.29 is 24.2 Å². The third kappa shape index (κ3) is 5.94. The maximum Gasteiger partial charge on any atom is 0.256 e. The number of nitrogens with one attached hydrogen (secondary N) is 1. The number of halogens is 1. The van der Waals surface area contributed by atoms with Gasteiger partial charge in [-0.15, -0.1) is 0 Å². The molecule has 5 rings (SSSR count). The van der Waals surface area contributed by atoms with Crippen LogP contribution >= 0.6 is 11.6 Å². The maximum absolute atomic E-state index is 13.4. The van der Waals surface area contributed by atoms with Crippen LogP contribution in [0.5, 0.6) is 5.75 Å². The van der Waals surface area contributed by atoms with Crippen LogP contribution in [0.25, 0.3) is 11.3 Å². The summed E-state index contributed by atoms with van der Waals surface area (Å²) in [5.41, 5.74) is 2.82. The van der Waals surface area contributed by atoms with Gasteiger partial charge in [-0.1, -0.05) is 23.7 Å². The first-order chi connectivity index (χ1) is 19.4. The van der Waals surface area contributed by atoms with Gasteiger partial charge in [-0.3, -0.25) is 14.6 Å². The molecule has 0 bridgehead atoms. The van der Waals surface area contributed by atoms with E-state index in [4.69, 9.17) is 26.1 Å². The average Bonchev–Trinajstić information content (AvgIpc) is 3.32. The number of aliphatic hydroxyl groups excluding tert-OH is 1. The van der Waals surface area contributed by atoms with Crippen LogP contribution in [0, 0.1) is 5.92 Å². The summed E-state index contributed by atoms with van der Waals surface area (Å²) in [7, 11) is 1.55. The van der Waals surface area contributed by atoms with Crippen LogP contribution in [0.3, 0.4) is 0 Å². The lowest BCUT2D eigenvalue weighted by Crippen LogP contribution is -2.46. The highest BCUT2D eigenvalue weighted by Crippen LogP contribution is 2.31. The van der Waals surface area contributed by atoms with Gasteiger partial charge in [0.05, 0.1) is 48.3 Å². The molecular formula is C29H32ClN5O5. The summed E-state index contributed by atoms with van der Waals surface area (Å²) >= 11 is 6.46. The van der Waals surface area contributed by atoms with Crippen molar-refractivity contribution in [1.29, 1.82) is 0 Å². The molecule has 0 unspecified atom stereocenters. The summed E-state index contributed by atoms with van der Waals surface area (Å²) in [6, 6.07) is 7.41. The minimum Gasteiger partial charge on any atom is -0.497 e. The van der Waals surface area contributed by atoms with E-state index >= 15 is 0 Å². The zero-order chi connectivity index (χ0) is 28.2. The zero-order valence-electron chi connectivity index (χ0n) is 22.5. The number of ether oxygens (including phenoxy) is 2.